The van der Waals surface area contributed by atoms with E-state index in [1.807, 2.05) is 31.2 Å². The molecule has 0 radical (unpaired) electrons. The number of sulfonamides is 1. The third-order valence-electron chi connectivity index (χ3n) is 4.77. The van der Waals surface area contributed by atoms with E-state index in [9.17, 15) is 8.42 Å². The van der Waals surface area contributed by atoms with Crippen LogP contribution in [0.1, 0.15) is 43.6 Å². The Morgan fingerprint density at radius 3 is 2.68 bits per heavy atom. The van der Waals surface area contributed by atoms with Crippen molar-refractivity contribution in [1.82, 2.24) is 9.71 Å². The molecule has 1 aromatic carbocycles. The van der Waals surface area contributed by atoms with Gasteiger partial charge in [0.05, 0.1) is 17.7 Å². The van der Waals surface area contributed by atoms with Gasteiger partial charge in [0.15, 0.2) is 11.7 Å². The molecular formula is C20H22N2O4S2. The molecule has 1 aliphatic carbocycles. The molecule has 0 bridgehead atoms. The normalized spacial score (nSPS) is 14.8. The zero-order chi connectivity index (χ0) is 19.6. The van der Waals surface area contributed by atoms with Crippen LogP contribution >= 0.6 is 11.3 Å². The van der Waals surface area contributed by atoms with Crippen molar-refractivity contribution in [2.75, 3.05) is 6.61 Å². The highest BCUT2D eigenvalue weighted by molar-refractivity contribution is 7.91. The first-order valence-corrected chi connectivity index (χ1v) is 11.6. The zero-order valence-electron chi connectivity index (χ0n) is 15.6. The average Bonchev–Trinajstić information content (AvgIpc) is 3.30. The molecule has 2 aromatic heterocycles. The maximum absolute atomic E-state index is 12.6. The highest BCUT2D eigenvalue weighted by Gasteiger charge is 2.25. The van der Waals surface area contributed by atoms with Gasteiger partial charge in [-0.3, -0.25) is 0 Å². The molecule has 0 spiro atoms. The molecule has 1 fully saturated rings. The molecule has 6 nitrogen and oxygen atoms in total. The van der Waals surface area contributed by atoms with Gasteiger partial charge in [-0.25, -0.2) is 18.1 Å². The van der Waals surface area contributed by atoms with Crippen LogP contribution in [0.15, 0.2) is 51.2 Å². The summed E-state index contributed by atoms with van der Waals surface area (Å²) in [6.07, 6.45) is 5.12. The standard InChI is InChI=1S/C20H22N2O4S2/c1-2-25-16-8-6-14(7-9-16)12-22-28(23,24)19-11-10-18(27-19)17-13-21-20(26-17)15-4-3-5-15/h6-11,13,15,22H,2-5,12H2,1H3. The van der Waals surface area contributed by atoms with Gasteiger partial charge < -0.3 is 9.15 Å². The van der Waals surface area contributed by atoms with Crippen LogP contribution in [0.3, 0.4) is 0 Å². The fraction of sp³-hybridized carbons (Fsp3) is 0.350. The van der Waals surface area contributed by atoms with Gasteiger partial charge in [-0.2, -0.15) is 0 Å². The Labute approximate surface area is 168 Å². The van der Waals surface area contributed by atoms with Gasteiger partial charge in [0.2, 0.25) is 10.0 Å². The Bertz CT molecular complexity index is 1030. The Morgan fingerprint density at radius 1 is 1.21 bits per heavy atom. The van der Waals surface area contributed by atoms with E-state index in [1.165, 1.54) is 17.8 Å². The first kappa shape index (κ1) is 19.2. The van der Waals surface area contributed by atoms with E-state index < -0.39 is 10.0 Å². The van der Waals surface area contributed by atoms with Crippen molar-refractivity contribution in [2.45, 2.75) is 42.9 Å². The summed E-state index contributed by atoms with van der Waals surface area (Å²) in [5.41, 5.74) is 0.865. The number of oxazole rings is 1. The van der Waals surface area contributed by atoms with Crippen molar-refractivity contribution in [3.05, 3.63) is 54.0 Å². The number of hydrogen-bond acceptors (Lipinski definition) is 6. The van der Waals surface area contributed by atoms with E-state index in [-0.39, 0.29) is 10.8 Å². The molecule has 0 atom stereocenters. The second kappa shape index (κ2) is 8.06. The molecule has 0 amide bonds. The molecule has 8 heteroatoms. The number of nitrogens with zero attached hydrogens (tertiary/aromatic N) is 1. The van der Waals surface area contributed by atoms with Crippen LogP contribution < -0.4 is 9.46 Å². The number of hydrogen-bond donors (Lipinski definition) is 1. The van der Waals surface area contributed by atoms with E-state index in [0.29, 0.717) is 18.3 Å². The molecule has 1 aliphatic rings. The van der Waals surface area contributed by atoms with Crippen LogP contribution in [-0.4, -0.2) is 20.0 Å². The fourth-order valence-electron chi connectivity index (χ4n) is 2.96. The lowest BCUT2D eigenvalue weighted by atomic mass is 9.85. The summed E-state index contributed by atoms with van der Waals surface area (Å²) < 4.78 is 39.4. The summed E-state index contributed by atoms with van der Waals surface area (Å²) >= 11 is 1.18. The molecule has 2 heterocycles. The number of aromatic nitrogens is 1. The Kier molecular flexibility index (Phi) is 5.52. The largest absolute Gasteiger partial charge is 0.494 e. The molecule has 0 saturated heterocycles. The van der Waals surface area contributed by atoms with E-state index in [0.717, 1.165) is 34.9 Å². The lowest BCUT2D eigenvalue weighted by molar-refractivity contribution is 0.338. The second-order valence-corrected chi connectivity index (χ2v) is 9.79. The lowest BCUT2D eigenvalue weighted by Crippen LogP contribution is -2.22. The monoisotopic (exact) mass is 418 g/mol. The molecule has 28 heavy (non-hydrogen) atoms. The van der Waals surface area contributed by atoms with Gasteiger partial charge in [0, 0.05) is 12.5 Å². The molecular weight excluding hydrogens is 396 g/mol. The molecule has 1 N–H and O–H groups in total. The van der Waals surface area contributed by atoms with Gasteiger partial charge in [-0.1, -0.05) is 18.6 Å². The summed E-state index contributed by atoms with van der Waals surface area (Å²) in [5, 5.41) is 0. The van der Waals surface area contributed by atoms with Crippen molar-refractivity contribution >= 4 is 21.4 Å². The topological polar surface area (TPSA) is 81.4 Å². The van der Waals surface area contributed by atoms with Crippen LogP contribution in [0, 0.1) is 0 Å². The number of thiophene rings is 1. The van der Waals surface area contributed by atoms with Crippen molar-refractivity contribution in [3.63, 3.8) is 0 Å². The number of rotatable bonds is 8. The molecule has 1 saturated carbocycles. The van der Waals surface area contributed by atoms with Gasteiger partial charge >= 0.3 is 0 Å². The van der Waals surface area contributed by atoms with E-state index in [4.69, 9.17) is 9.15 Å². The summed E-state index contributed by atoms with van der Waals surface area (Å²) in [7, 11) is -3.59. The molecule has 148 valence electrons. The predicted octanol–water partition coefficient (Wildman–Crippen LogP) is 4.55. The fourth-order valence-corrected chi connectivity index (χ4v) is 5.28. The Hall–Kier alpha value is -2.16. The van der Waals surface area contributed by atoms with Crippen LogP contribution in [0.4, 0.5) is 0 Å². The highest BCUT2D eigenvalue weighted by atomic mass is 32.2. The smallest absolute Gasteiger partial charge is 0.250 e. The maximum atomic E-state index is 12.6. The molecule has 4 rings (SSSR count). The van der Waals surface area contributed by atoms with E-state index in [1.54, 1.807) is 18.3 Å². The van der Waals surface area contributed by atoms with Gasteiger partial charge in [0.1, 0.15) is 9.96 Å². The first-order chi connectivity index (χ1) is 13.5. The minimum atomic E-state index is -3.59. The molecule has 0 aliphatic heterocycles. The summed E-state index contributed by atoms with van der Waals surface area (Å²) in [5.74, 6) is 2.56. The van der Waals surface area contributed by atoms with Gasteiger partial charge in [0.25, 0.3) is 0 Å². The zero-order valence-corrected chi connectivity index (χ0v) is 17.2. The highest BCUT2D eigenvalue weighted by Crippen LogP contribution is 2.38. The van der Waals surface area contributed by atoms with Crippen molar-refractivity contribution < 1.29 is 17.6 Å². The number of benzene rings is 1. The van der Waals surface area contributed by atoms with E-state index in [2.05, 4.69) is 9.71 Å². The Balaban J connectivity index is 1.42. The number of nitrogens with one attached hydrogen (secondary N) is 1. The van der Waals surface area contributed by atoms with Gasteiger partial charge in [-0.15, -0.1) is 11.3 Å². The van der Waals surface area contributed by atoms with Crippen molar-refractivity contribution in [1.29, 1.82) is 0 Å². The van der Waals surface area contributed by atoms with Crippen LogP contribution in [0.5, 0.6) is 5.75 Å². The average molecular weight is 419 g/mol. The lowest BCUT2D eigenvalue weighted by Gasteiger charge is -2.21. The minimum Gasteiger partial charge on any atom is -0.494 e. The van der Waals surface area contributed by atoms with Gasteiger partial charge in [-0.05, 0) is 49.6 Å². The third-order valence-corrected chi connectivity index (χ3v) is 7.76. The Morgan fingerprint density at radius 2 is 2.00 bits per heavy atom. The summed E-state index contributed by atoms with van der Waals surface area (Å²) in [6, 6.07) is 10.7. The van der Waals surface area contributed by atoms with Crippen molar-refractivity contribution in [2.24, 2.45) is 0 Å². The molecule has 3 aromatic rings. The van der Waals surface area contributed by atoms with Crippen LogP contribution in [-0.2, 0) is 16.6 Å². The first-order valence-electron chi connectivity index (χ1n) is 9.32. The summed E-state index contributed by atoms with van der Waals surface area (Å²) in [6.45, 7) is 2.74. The summed E-state index contributed by atoms with van der Waals surface area (Å²) in [4.78, 5) is 5.11. The van der Waals surface area contributed by atoms with Crippen molar-refractivity contribution in [3.8, 4) is 16.4 Å². The second-order valence-electron chi connectivity index (χ2n) is 6.71. The third kappa shape index (κ3) is 4.14. The number of ether oxygens (including phenoxy) is 1. The minimum absolute atomic E-state index is 0.218. The predicted molar refractivity (Wildman–Crippen MR) is 108 cm³/mol. The maximum Gasteiger partial charge on any atom is 0.250 e. The van der Waals surface area contributed by atoms with Crippen LogP contribution in [0.25, 0.3) is 10.6 Å². The SMILES string of the molecule is CCOc1ccc(CNS(=O)(=O)c2ccc(-c3cnc(C4CCC4)o3)s2)cc1. The molecule has 0 unspecified atom stereocenters. The quantitative estimate of drug-likeness (QED) is 0.580. The van der Waals surface area contributed by atoms with Crippen LogP contribution in [0.2, 0.25) is 0 Å². The van der Waals surface area contributed by atoms with E-state index >= 15 is 0 Å².